The second-order valence-corrected chi connectivity index (χ2v) is 9.24. The van der Waals surface area contributed by atoms with Gasteiger partial charge < -0.3 is 19.4 Å². The second-order valence-electron chi connectivity index (χ2n) is 9.24. The van der Waals surface area contributed by atoms with Crippen LogP contribution >= 0.6 is 0 Å². The van der Waals surface area contributed by atoms with E-state index < -0.39 is 0 Å². The third-order valence-electron chi connectivity index (χ3n) is 6.20. The summed E-state index contributed by atoms with van der Waals surface area (Å²) < 4.78 is 13.2. The van der Waals surface area contributed by atoms with Crippen molar-refractivity contribution in [3.63, 3.8) is 0 Å². The predicted octanol–water partition coefficient (Wildman–Crippen LogP) is 3.95. The number of hydrogen-bond donors (Lipinski definition) is 2. The zero-order chi connectivity index (χ0) is 27.6. The van der Waals surface area contributed by atoms with E-state index in [4.69, 9.17) is 9.47 Å². The van der Waals surface area contributed by atoms with Gasteiger partial charge in [0.1, 0.15) is 30.0 Å². The first-order chi connectivity index (χ1) is 19.7. The fourth-order valence-corrected chi connectivity index (χ4v) is 4.24. The number of fused-ring (bicyclic) bond motifs is 3. The quantitative estimate of drug-likeness (QED) is 0.214. The molecule has 6 heterocycles. The van der Waals surface area contributed by atoms with Crippen molar-refractivity contribution in [1.29, 1.82) is 0 Å². The summed E-state index contributed by atoms with van der Waals surface area (Å²) in [5, 5.41) is 4.00. The van der Waals surface area contributed by atoms with Crippen LogP contribution in [0.1, 0.15) is 56.3 Å². The smallest absolute Gasteiger partial charge is 0.252 e. The summed E-state index contributed by atoms with van der Waals surface area (Å²) in [6, 6.07) is 1.97. The van der Waals surface area contributed by atoms with E-state index in [2.05, 4.69) is 54.9 Å². The highest BCUT2D eigenvalue weighted by Crippen LogP contribution is 2.18. The van der Waals surface area contributed by atoms with E-state index in [-0.39, 0.29) is 0 Å². The zero-order valence-electron chi connectivity index (χ0n) is 22.6. The molecule has 0 bridgehead atoms. The molecule has 0 spiro atoms. The van der Waals surface area contributed by atoms with E-state index in [0.29, 0.717) is 42.0 Å². The van der Waals surface area contributed by atoms with Crippen LogP contribution < -0.4 is 9.47 Å². The summed E-state index contributed by atoms with van der Waals surface area (Å²) in [4.78, 5) is 38.9. The van der Waals surface area contributed by atoms with Crippen molar-refractivity contribution in [1.82, 2.24) is 59.5 Å². The summed E-state index contributed by atoms with van der Waals surface area (Å²) in [6.07, 6.45) is 15.6. The van der Waals surface area contributed by atoms with Crippen LogP contribution in [-0.4, -0.2) is 72.7 Å². The van der Waals surface area contributed by atoms with Gasteiger partial charge in [-0.3, -0.25) is 0 Å². The van der Waals surface area contributed by atoms with Gasteiger partial charge in [0.25, 0.3) is 5.78 Å². The molecule has 0 unspecified atom stereocenters. The van der Waals surface area contributed by atoms with Gasteiger partial charge in [-0.2, -0.15) is 20.1 Å². The van der Waals surface area contributed by atoms with Gasteiger partial charge in [-0.1, -0.05) is 32.1 Å². The van der Waals surface area contributed by atoms with Crippen LogP contribution in [-0.2, 0) is 0 Å². The minimum atomic E-state index is 0.573. The lowest BCUT2D eigenvalue weighted by Crippen LogP contribution is -2.01. The number of H-pyrrole nitrogens is 2. The minimum absolute atomic E-state index is 0.573. The SMILES string of the molecule is Cc1cc(C)n2ncnc2n1.c1nc(OCCCCCCCCCOc2ncnc3nc[nH]c23)c2[nH]cnc2n1. The molecule has 0 aliphatic carbocycles. The van der Waals surface area contributed by atoms with E-state index >= 15 is 0 Å². The van der Waals surface area contributed by atoms with E-state index in [1.807, 2.05) is 19.9 Å². The van der Waals surface area contributed by atoms with Gasteiger partial charge in [0.05, 0.1) is 25.9 Å². The van der Waals surface area contributed by atoms with Crippen molar-refractivity contribution in [2.45, 2.75) is 58.8 Å². The number of aryl methyl sites for hydroxylation is 2. The molecule has 0 saturated heterocycles. The van der Waals surface area contributed by atoms with Crippen molar-refractivity contribution >= 4 is 28.1 Å². The van der Waals surface area contributed by atoms with Crippen LogP contribution in [0.15, 0.2) is 37.7 Å². The van der Waals surface area contributed by atoms with Gasteiger partial charge in [0.15, 0.2) is 11.3 Å². The predicted molar refractivity (Wildman–Crippen MR) is 147 cm³/mol. The average molecular weight is 545 g/mol. The third-order valence-corrected chi connectivity index (χ3v) is 6.20. The number of nitrogens with zero attached hydrogens (tertiary/aromatic N) is 10. The van der Waals surface area contributed by atoms with Crippen LogP contribution in [0.4, 0.5) is 0 Å². The average Bonchev–Trinajstić information content (AvgIpc) is 3.73. The van der Waals surface area contributed by atoms with Gasteiger partial charge >= 0.3 is 0 Å². The van der Waals surface area contributed by atoms with Gasteiger partial charge in [-0.05, 0) is 32.8 Å². The molecule has 0 fully saturated rings. The highest BCUT2D eigenvalue weighted by molar-refractivity contribution is 5.75. The topological polar surface area (TPSA) is 170 Å². The largest absolute Gasteiger partial charge is 0.476 e. The summed E-state index contributed by atoms with van der Waals surface area (Å²) >= 11 is 0. The molecule has 40 heavy (non-hydrogen) atoms. The Kier molecular flexibility index (Phi) is 8.96. The van der Waals surface area contributed by atoms with Gasteiger partial charge in [0, 0.05) is 11.4 Å². The van der Waals surface area contributed by atoms with Crippen molar-refractivity contribution in [3.8, 4) is 11.8 Å². The first kappa shape index (κ1) is 26.8. The Balaban J connectivity index is 0.000000244. The van der Waals surface area contributed by atoms with Crippen LogP contribution in [0.2, 0.25) is 0 Å². The van der Waals surface area contributed by atoms with E-state index in [1.165, 1.54) is 38.2 Å². The Hall–Kier alpha value is -4.75. The molecule has 0 aliphatic rings. The van der Waals surface area contributed by atoms with Crippen molar-refractivity contribution < 1.29 is 9.47 Å². The van der Waals surface area contributed by atoms with Gasteiger partial charge in [0.2, 0.25) is 11.8 Å². The number of rotatable bonds is 12. The molecule has 0 saturated carbocycles. The highest BCUT2D eigenvalue weighted by Gasteiger charge is 2.07. The fourth-order valence-electron chi connectivity index (χ4n) is 4.24. The Morgan fingerprint density at radius 3 is 1.77 bits per heavy atom. The van der Waals surface area contributed by atoms with E-state index in [1.54, 1.807) is 17.2 Å². The minimum Gasteiger partial charge on any atom is -0.476 e. The number of hydrogen-bond acceptors (Lipinski definition) is 11. The molecule has 6 aromatic rings. The number of unbranched alkanes of at least 4 members (excludes halogenated alkanes) is 6. The maximum Gasteiger partial charge on any atom is 0.252 e. The van der Waals surface area contributed by atoms with Crippen molar-refractivity contribution in [2.24, 2.45) is 0 Å². The van der Waals surface area contributed by atoms with E-state index in [0.717, 1.165) is 48.1 Å². The maximum absolute atomic E-state index is 5.75. The molecule has 208 valence electrons. The number of ether oxygens (including phenoxy) is 2. The Morgan fingerprint density at radius 2 is 1.20 bits per heavy atom. The highest BCUT2D eigenvalue weighted by atomic mass is 16.5. The van der Waals surface area contributed by atoms with Gasteiger partial charge in [-0.15, -0.1) is 0 Å². The monoisotopic (exact) mass is 544 g/mol. The third kappa shape index (κ3) is 6.81. The lowest BCUT2D eigenvalue weighted by molar-refractivity contribution is 0.292. The molecule has 0 aromatic carbocycles. The molecule has 0 aliphatic heterocycles. The van der Waals surface area contributed by atoms with Crippen LogP contribution in [0.25, 0.3) is 28.1 Å². The number of nitrogens with one attached hydrogen (secondary N) is 2. The normalized spacial score (nSPS) is 11.2. The number of aromatic nitrogens is 12. The molecule has 0 atom stereocenters. The van der Waals surface area contributed by atoms with E-state index in [9.17, 15) is 0 Å². The molecule has 14 nitrogen and oxygen atoms in total. The Bertz CT molecular complexity index is 1560. The lowest BCUT2D eigenvalue weighted by Gasteiger charge is -2.06. The first-order valence-electron chi connectivity index (χ1n) is 13.4. The molecule has 0 amide bonds. The fraction of sp³-hybridized carbons (Fsp3) is 0.423. The van der Waals surface area contributed by atoms with Gasteiger partial charge in [-0.25, -0.2) is 29.4 Å². The lowest BCUT2D eigenvalue weighted by atomic mass is 10.1. The maximum atomic E-state index is 5.75. The molecule has 6 aromatic heterocycles. The first-order valence-corrected chi connectivity index (χ1v) is 13.4. The number of imidazole rings is 2. The van der Waals surface area contributed by atoms with Crippen molar-refractivity contribution in [2.75, 3.05) is 13.2 Å². The summed E-state index contributed by atoms with van der Waals surface area (Å²) in [5.74, 6) is 1.81. The summed E-state index contributed by atoms with van der Waals surface area (Å²) in [5.41, 5.74) is 4.81. The van der Waals surface area contributed by atoms with Crippen LogP contribution in [0.3, 0.4) is 0 Å². The molecule has 6 rings (SSSR count). The van der Waals surface area contributed by atoms with Crippen molar-refractivity contribution in [3.05, 3.63) is 49.1 Å². The molecule has 0 radical (unpaired) electrons. The molecule has 2 N–H and O–H groups in total. The van der Waals surface area contributed by atoms with Crippen LogP contribution in [0, 0.1) is 13.8 Å². The van der Waals surface area contributed by atoms with Crippen LogP contribution in [0.5, 0.6) is 11.8 Å². The molecular formula is C26H32N12O2. The number of aromatic amines is 2. The zero-order valence-corrected chi connectivity index (χ0v) is 22.6. The summed E-state index contributed by atoms with van der Waals surface area (Å²) in [7, 11) is 0. The summed E-state index contributed by atoms with van der Waals surface area (Å²) in [6.45, 7) is 5.23. The Labute approximate surface area is 230 Å². The second kappa shape index (κ2) is 13.4. The standard InChI is InChI=1S/C19H24N8O2.C7H8N4/c1(2-4-6-8-28-18-14-16(22-10-20-14)24-12-26-18)3-5-7-9-29-19-15-17(23-11-21-15)25-13-27-19;1-5-3-6(2)11-7(10-5)8-4-9-11/h10-13H,1-9H2,(H,20,22,24,26)(H,21,23,25,27);3-4H,1-2H3. The molecular weight excluding hydrogens is 512 g/mol. The molecule has 14 heteroatoms. The Morgan fingerprint density at radius 1 is 0.650 bits per heavy atom.